The Morgan fingerprint density at radius 1 is 0.660 bits per heavy atom. The monoisotopic (exact) mass is 934 g/mol. The van der Waals surface area contributed by atoms with Crippen LogP contribution in [-0.2, 0) is 71.9 Å². The van der Waals surface area contributed by atoms with E-state index in [0.29, 0.717) is 12.8 Å². The van der Waals surface area contributed by atoms with Crippen LogP contribution in [0.3, 0.4) is 0 Å². The van der Waals surface area contributed by atoms with Gasteiger partial charge in [-0.05, 0) is 0 Å². The maximum atomic E-state index is 13.2. The van der Waals surface area contributed by atoms with Gasteiger partial charge in [-0.15, -0.1) is 0 Å². The van der Waals surface area contributed by atoms with E-state index < -0.39 is 11.1 Å². The van der Waals surface area contributed by atoms with Crippen molar-refractivity contribution in [2.75, 3.05) is 34.4 Å². The maximum absolute atomic E-state index is 13.2. The van der Waals surface area contributed by atoms with Crippen LogP contribution in [-0.4, -0.2) is 77.0 Å². The Labute approximate surface area is 359 Å². The van der Waals surface area contributed by atoms with Crippen LogP contribution in [0.25, 0.3) is 12.2 Å². The minimum Gasteiger partial charge on any atom is -1.00 e. The fourth-order valence-corrected chi connectivity index (χ4v) is 9.04. The summed E-state index contributed by atoms with van der Waals surface area (Å²) in [6.45, 7) is 1.80. The molecule has 2 saturated heterocycles. The van der Waals surface area contributed by atoms with Gasteiger partial charge in [0.15, 0.2) is 0 Å². The molecule has 2 fully saturated rings. The summed E-state index contributed by atoms with van der Waals surface area (Å²) < 4.78 is 0.517. The van der Waals surface area contributed by atoms with Crippen LogP contribution in [0.1, 0.15) is 53.7 Å². The van der Waals surface area contributed by atoms with E-state index in [1.807, 2.05) is 24.5 Å². The molecule has 2 aromatic heterocycles. The quantitative estimate of drug-likeness (QED) is 0.133. The molecular formula is C37H41Cl3N6O5Zr2. The van der Waals surface area contributed by atoms with Gasteiger partial charge >= 0.3 is 289 Å². The first kappa shape index (κ1) is 49.1. The van der Waals surface area contributed by atoms with E-state index in [0.717, 1.165) is 69.8 Å². The molecule has 4 aromatic rings. The van der Waals surface area contributed by atoms with Gasteiger partial charge in [0.05, 0.1) is 0 Å². The zero-order valence-corrected chi connectivity index (χ0v) is 36.7. The summed E-state index contributed by atoms with van der Waals surface area (Å²) in [5.41, 5.74) is 7.86. The number of nitrogens with one attached hydrogen (secondary N) is 4. The third kappa shape index (κ3) is 10.7. The van der Waals surface area contributed by atoms with Crippen LogP contribution in [0.5, 0.6) is 0 Å². The van der Waals surface area contributed by atoms with Gasteiger partial charge in [0.1, 0.15) is 0 Å². The molecule has 0 amide bonds. The Bertz CT molecular complexity index is 1650. The van der Waals surface area contributed by atoms with Crippen LogP contribution in [0, 0.1) is 0 Å². The van der Waals surface area contributed by atoms with E-state index >= 15 is 0 Å². The van der Waals surface area contributed by atoms with Crippen molar-refractivity contribution in [3.8, 4) is 0 Å². The molecule has 278 valence electrons. The van der Waals surface area contributed by atoms with E-state index in [9.17, 15) is 9.59 Å². The predicted molar refractivity (Wildman–Crippen MR) is 177 cm³/mol. The van der Waals surface area contributed by atoms with Crippen molar-refractivity contribution < 1.29 is 112 Å². The number of hydrogen-bond acceptors (Lipinski definition) is 9. The fraction of sp³-hybridized carbons (Fsp3) is 0.351. The number of H-pyrrole nitrogens is 2. The van der Waals surface area contributed by atoms with Crippen molar-refractivity contribution in [1.82, 2.24) is 30.6 Å². The van der Waals surface area contributed by atoms with Crippen molar-refractivity contribution in [3.05, 3.63) is 118 Å². The molecule has 2 aromatic carbocycles. The molecule has 11 nitrogen and oxygen atoms in total. The molecule has 4 N–H and O–H groups in total. The molecule has 0 spiro atoms. The van der Waals surface area contributed by atoms with Crippen molar-refractivity contribution in [3.63, 3.8) is 0 Å². The van der Waals surface area contributed by atoms with Crippen molar-refractivity contribution in [2.24, 2.45) is 0 Å². The Morgan fingerprint density at radius 2 is 1.00 bits per heavy atom. The van der Waals surface area contributed by atoms with E-state index in [4.69, 9.17) is 15.3 Å². The topological polar surface area (TPSA) is 185 Å². The van der Waals surface area contributed by atoms with E-state index in [-0.39, 0.29) is 56.0 Å². The second kappa shape index (κ2) is 23.2. The molecule has 53 heavy (non-hydrogen) atoms. The number of Topliss-reactive ketones (excluding diaryl/α,β-unsaturated/α-hetero) is 2. The number of imidazole rings is 2. The van der Waals surface area contributed by atoms with Crippen molar-refractivity contribution in [1.29, 1.82) is 0 Å². The Morgan fingerprint density at radius 3 is 1.26 bits per heavy atom. The standard InChI is InChI=1S/2C17H16N3O.3CH3O.3ClH.2Zr/c2*21-16(14-7-12-3-1-2-4-13(12)8-14)17(5-6-20-17)9-15-10-18-11-19-15;3*1-2;;;;;/h2*1-4,7-8,10-11,20H,5-6,9H2,(H,18,19);3*1H3;3*1H;;/q;;3*-1;;;;2*+3/p-3/t2*17-;;;;;;;;/m00......../s1. The maximum Gasteiger partial charge on any atom is -1.00 e. The van der Waals surface area contributed by atoms with Crippen LogP contribution < -0.4 is 63.2 Å². The molecule has 0 radical (unpaired) electrons. The minimum atomic E-state index is -0.460. The molecule has 2 aliphatic heterocycles. The summed E-state index contributed by atoms with van der Waals surface area (Å²) in [7, 11) is 2.25. The third-order valence-electron chi connectivity index (χ3n) is 9.36. The van der Waals surface area contributed by atoms with Gasteiger partial charge in [-0.3, -0.25) is 0 Å². The number of rotatable bonds is 8. The predicted octanol–water partition coefficient (Wildman–Crippen LogP) is -8.18. The Balaban J connectivity index is 0.000000443. The van der Waals surface area contributed by atoms with Gasteiger partial charge in [-0.1, -0.05) is 0 Å². The van der Waals surface area contributed by atoms with Gasteiger partial charge in [0.25, 0.3) is 0 Å². The average Bonchev–Trinajstić information content (AvgIpc) is 3.96. The van der Waals surface area contributed by atoms with Crippen molar-refractivity contribution in [2.45, 2.75) is 44.0 Å². The molecule has 2 aliphatic carbocycles. The summed E-state index contributed by atoms with van der Waals surface area (Å²) in [6, 6.07) is 16.7. The zero-order valence-electron chi connectivity index (χ0n) is 29.5. The number of benzene rings is 2. The normalized spacial score (nSPS) is 22.2. The second-order valence-electron chi connectivity index (χ2n) is 12.0. The van der Waals surface area contributed by atoms with Gasteiger partial charge < -0.3 is 52.5 Å². The van der Waals surface area contributed by atoms with Gasteiger partial charge in [-0.25, -0.2) is 0 Å². The van der Waals surface area contributed by atoms with Crippen molar-refractivity contribution >= 4 is 23.7 Å². The fourth-order valence-electron chi connectivity index (χ4n) is 6.69. The van der Waals surface area contributed by atoms with E-state index in [2.05, 4.69) is 79.1 Å². The first-order valence-corrected chi connectivity index (χ1v) is 19.0. The molecule has 4 heterocycles. The van der Waals surface area contributed by atoms with Crippen LogP contribution in [0.2, 0.25) is 0 Å². The van der Waals surface area contributed by atoms with E-state index in [1.54, 1.807) is 12.7 Å². The first-order valence-electron chi connectivity index (χ1n) is 16.2. The van der Waals surface area contributed by atoms with Gasteiger partial charge in [-0.2, -0.15) is 21.3 Å². The zero-order chi connectivity index (χ0) is 36.3. The number of carbonyl (C=O) groups excluding carboxylic acids is 2. The van der Waals surface area contributed by atoms with Gasteiger partial charge in [0, 0.05) is 0 Å². The number of aromatic amines is 2. The molecular weight excluding hydrogens is 897 g/mol. The number of ketones is 2. The molecule has 16 heteroatoms. The molecule has 8 rings (SSSR count). The van der Waals surface area contributed by atoms with E-state index in [1.165, 1.54) is 71.7 Å². The van der Waals surface area contributed by atoms with Crippen LogP contribution >= 0.6 is 0 Å². The Kier molecular flexibility index (Phi) is 21.6. The number of hydrogen-bond donors (Lipinski definition) is 4. The summed E-state index contributed by atoms with van der Waals surface area (Å²) in [5.74, 6) is 0.500. The van der Waals surface area contributed by atoms with Gasteiger partial charge in [0.2, 0.25) is 0 Å². The number of halogens is 3. The second-order valence-corrected chi connectivity index (χ2v) is 14.8. The van der Waals surface area contributed by atoms with Crippen LogP contribution in [0.15, 0.2) is 84.7 Å². The number of fused-ring (bicyclic) bond motifs is 2. The summed E-state index contributed by atoms with van der Waals surface area (Å²) in [5, 5.41) is 31.5. The molecule has 4 aliphatic rings. The first-order chi connectivity index (χ1) is 24.4. The molecule has 0 bridgehead atoms. The summed E-state index contributed by atoms with van der Waals surface area (Å²) >= 11 is 2.74. The van der Waals surface area contributed by atoms with Crippen LogP contribution in [0.4, 0.5) is 0 Å². The largest absolute Gasteiger partial charge is 1.00 e. The number of aromatic nitrogens is 4. The average molecular weight is 939 g/mol. The number of carbonyl (C=O) groups is 2. The SMILES string of the molecule is C[O-].C[O-].C[O-].O=C(C1=Cc2ccccc2[CH]1[Zr+3])[C@@]1(Cc2c[nH]cn2)CCN1.O=C(C1=Cc2ccccc2[CH]1[Zr+3])[C@@]1(Cc2c[nH]cn2)CCN1.[Cl-].[Cl-].[Cl-]. The summed E-state index contributed by atoms with van der Waals surface area (Å²) in [4.78, 5) is 40.9. The third-order valence-corrected chi connectivity index (χ3v) is 12.4. The molecule has 4 atom stereocenters. The minimum absolute atomic E-state index is 0. The Hall–Kier alpha value is -1.88. The molecule has 2 unspecified atom stereocenters. The smallest absolute Gasteiger partial charge is 1.00 e. The summed E-state index contributed by atoms with van der Waals surface area (Å²) in [6.07, 6.45) is 14.4. The number of nitrogens with zero attached hydrogens (tertiary/aromatic N) is 2. The molecule has 0 saturated carbocycles.